The quantitative estimate of drug-likeness (QED) is 0.852. The van der Waals surface area contributed by atoms with Crippen LogP contribution in [0.5, 0.6) is 0 Å². The molecule has 0 unspecified atom stereocenters. The number of carbonyl (C=O) groups is 1. The summed E-state index contributed by atoms with van der Waals surface area (Å²) in [7, 11) is -3.22. The molecule has 0 spiro atoms. The predicted octanol–water partition coefficient (Wildman–Crippen LogP) is 3.86. The van der Waals surface area contributed by atoms with Crippen molar-refractivity contribution in [1.29, 1.82) is 0 Å². The van der Waals surface area contributed by atoms with Crippen molar-refractivity contribution in [2.24, 2.45) is 0 Å². The number of para-hydroxylation sites is 1. The first-order chi connectivity index (χ1) is 8.05. The Balaban J connectivity index is 3.45. The molecule has 0 aromatic heterocycles. The maximum atomic E-state index is 11.4. The molecule has 0 aliphatic carbocycles. The lowest BCUT2D eigenvalue weighted by Crippen LogP contribution is -2.60. The van der Waals surface area contributed by atoms with Gasteiger partial charge in [-0.2, -0.15) is 0 Å². The van der Waals surface area contributed by atoms with Crippen LogP contribution in [0.15, 0.2) is 24.3 Å². The summed E-state index contributed by atoms with van der Waals surface area (Å²) >= 11 is 0. The lowest BCUT2D eigenvalue weighted by Gasteiger charge is -2.46. The Labute approximate surface area is 112 Å². The number of hydrogen-bond acceptors (Lipinski definition) is 2. The molecule has 1 aromatic rings. The minimum absolute atomic E-state index is 0.419. The molecule has 1 N–H and O–H groups in total. The molecule has 0 saturated heterocycles. The molecule has 100 valence electrons. The summed E-state index contributed by atoms with van der Waals surface area (Å²) in [5, 5.41) is 9.35. The smallest absolute Gasteiger partial charge is 0.337 e. The van der Waals surface area contributed by atoms with E-state index in [1.165, 1.54) is 0 Å². The van der Waals surface area contributed by atoms with E-state index in [1.54, 1.807) is 12.1 Å². The Bertz CT molecular complexity index is 433. The Kier molecular flexibility index (Phi) is 4.07. The molecule has 1 rings (SSSR count). The van der Waals surface area contributed by atoms with Gasteiger partial charge in [0.1, 0.15) is 16.5 Å². The van der Waals surface area contributed by atoms with Crippen LogP contribution < -0.4 is 4.23 Å². The minimum atomic E-state index is -1.61. The van der Waals surface area contributed by atoms with Crippen molar-refractivity contribution < 1.29 is 9.90 Å². The molecular formula is C13H23NO2Si2. The van der Waals surface area contributed by atoms with Crippen molar-refractivity contribution in [2.75, 3.05) is 4.23 Å². The molecule has 3 nitrogen and oxygen atoms in total. The van der Waals surface area contributed by atoms with Gasteiger partial charge < -0.3 is 9.34 Å². The van der Waals surface area contributed by atoms with Crippen molar-refractivity contribution in [2.45, 2.75) is 39.3 Å². The van der Waals surface area contributed by atoms with E-state index >= 15 is 0 Å². The van der Waals surface area contributed by atoms with Gasteiger partial charge >= 0.3 is 5.97 Å². The molecule has 0 fully saturated rings. The molecule has 0 radical (unpaired) electrons. The third-order valence-corrected chi connectivity index (χ3v) is 9.91. The maximum absolute atomic E-state index is 11.4. The lowest BCUT2D eigenvalue weighted by atomic mass is 10.2. The maximum Gasteiger partial charge on any atom is 0.337 e. The van der Waals surface area contributed by atoms with E-state index in [9.17, 15) is 9.90 Å². The Morgan fingerprint density at radius 2 is 1.44 bits per heavy atom. The normalized spacial score (nSPS) is 12.3. The van der Waals surface area contributed by atoms with E-state index in [-0.39, 0.29) is 0 Å². The minimum Gasteiger partial charge on any atom is -0.478 e. The van der Waals surface area contributed by atoms with E-state index in [0.717, 1.165) is 5.69 Å². The van der Waals surface area contributed by atoms with Crippen LogP contribution in [0, 0.1) is 0 Å². The van der Waals surface area contributed by atoms with Crippen molar-refractivity contribution in [3.05, 3.63) is 29.8 Å². The first kappa shape index (κ1) is 15.0. The lowest BCUT2D eigenvalue weighted by molar-refractivity contribution is 0.0698. The van der Waals surface area contributed by atoms with Crippen LogP contribution in [0.25, 0.3) is 0 Å². The second-order valence-corrected chi connectivity index (χ2v) is 16.5. The number of aromatic carboxylic acids is 1. The van der Waals surface area contributed by atoms with E-state index in [4.69, 9.17) is 0 Å². The molecule has 1 aromatic carbocycles. The van der Waals surface area contributed by atoms with Crippen LogP contribution in [0.3, 0.4) is 0 Å². The van der Waals surface area contributed by atoms with Crippen LogP contribution in [-0.2, 0) is 0 Å². The molecule has 0 heterocycles. The van der Waals surface area contributed by atoms with E-state index in [0.29, 0.717) is 5.56 Å². The standard InChI is InChI=1S/C13H23NO2Si2/c1-17(2,3)14(18(4,5)6)12-10-8-7-9-11(12)13(15)16/h7-10H,1-6H3,(H,15,16). The van der Waals surface area contributed by atoms with Gasteiger partial charge in [-0.15, -0.1) is 0 Å². The highest BCUT2D eigenvalue weighted by Crippen LogP contribution is 2.31. The topological polar surface area (TPSA) is 40.5 Å². The average Bonchev–Trinajstić information content (AvgIpc) is 2.13. The van der Waals surface area contributed by atoms with Gasteiger partial charge in [0.05, 0.1) is 5.56 Å². The first-order valence-electron chi connectivity index (χ1n) is 6.18. The van der Waals surface area contributed by atoms with Gasteiger partial charge in [-0.1, -0.05) is 51.4 Å². The van der Waals surface area contributed by atoms with Gasteiger partial charge in [0.15, 0.2) is 0 Å². The fraction of sp³-hybridized carbons (Fsp3) is 0.462. The van der Waals surface area contributed by atoms with Gasteiger partial charge in [0, 0.05) is 5.69 Å². The van der Waals surface area contributed by atoms with Crippen LogP contribution in [0.2, 0.25) is 39.3 Å². The van der Waals surface area contributed by atoms with Gasteiger partial charge in [0.2, 0.25) is 0 Å². The summed E-state index contributed by atoms with van der Waals surface area (Å²) in [6.45, 7) is 13.6. The fourth-order valence-electron chi connectivity index (χ4n) is 2.58. The third kappa shape index (κ3) is 3.23. The number of anilines is 1. The van der Waals surface area contributed by atoms with E-state index in [1.807, 2.05) is 12.1 Å². The first-order valence-corrected chi connectivity index (χ1v) is 13.1. The molecule has 0 aliphatic rings. The highest BCUT2D eigenvalue weighted by Gasteiger charge is 2.36. The van der Waals surface area contributed by atoms with Crippen molar-refractivity contribution >= 4 is 28.1 Å². The third-order valence-electron chi connectivity index (χ3n) is 2.72. The van der Waals surface area contributed by atoms with E-state index < -0.39 is 22.4 Å². The van der Waals surface area contributed by atoms with Crippen LogP contribution in [0.4, 0.5) is 5.69 Å². The summed E-state index contributed by atoms with van der Waals surface area (Å²) in [6.07, 6.45) is 0. The van der Waals surface area contributed by atoms with Crippen molar-refractivity contribution in [3.63, 3.8) is 0 Å². The molecule has 0 bridgehead atoms. The second kappa shape index (κ2) is 4.89. The molecule has 0 aliphatic heterocycles. The van der Waals surface area contributed by atoms with Crippen molar-refractivity contribution in [3.8, 4) is 0 Å². The summed E-state index contributed by atoms with van der Waals surface area (Å²) in [5.74, 6) is -0.841. The zero-order valence-corrected chi connectivity index (χ0v) is 14.1. The summed E-state index contributed by atoms with van der Waals surface area (Å²) in [5.41, 5.74) is 1.31. The molecule has 0 amide bonds. The number of benzene rings is 1. The Hall–Kier alpha value is -1.08. The summed E-state index contributed by atoms with van der Waals surface area (Å²) in [4.78, 5) is 11.4. The average molecular weight is 282 g/mol. The van der Waals surface area contributed by atoms with Gasteiger partial charge in [-0.25, -0.2) is 4.79 Å². The number of carboxylic acid groups (broad SMARTS) is 1. The molecule has 0 saturated carbocycles. The predicted molar refractivity (Wildman–Crippen MR) is 82.6 cm³/mol. The highest BCUT2D eigenvalue weighted by atomic mass is 28.4. The second-order valence-electron chi connectivity index (χ2n) is 6.50. The van der Waals surface area contributed by atoms with Crippen LogP contribution in [-0.4, -0.2) is 27.5 Å². The number of rotatable bonds is 4. The molecular weight excluding hydrogens is 258 g/mol. The number of carboxylic acids is 1. The van der Waals surface area contributed by atoms with Crippen LogP contribution >= 0.6 is 0 Å². The molecule has 0 atom stereocenters. The monoisotopic (exact) mass is 281 g/mol. The largest absolute Gasteiger partial charge is 0.478 e. The number of hydrogen-bond donors (Lipinski definition) is 1. The van der Waals surface area contributed by atoms with Gasteiger partial charge in [0.25, 0.3) is 0 Å². The van der Waals surface area contributed by atoms with E-state index in [2.05, 4.69) is 43.5 Å². The van der Waals surface area contributed by atoms with Crippen molar-refractivity contribution in [1.82, 2.24) is 0 Å². The SMILES string of the molecule is C[Si](C)(C)N(c1ccccc1C(=O)O)[Si](C)(C)C. The zero-order chi connectivity index (χ0) is 14.1. The Morgan fingerprint density at radius 1 is 1.00 bits per heavy atom. The highest BCUT2D eigenvalue weighted by molar-refractivity contribution is 6.99. The Morgan fingerprint density at radius 3 is 1.83 bits per heavy atom. The van der Waals surface area contributed by atoms with Gasteiger partial charge in [-0.05, 0) is 12.1 Å². The van der Waals surface area contributed by atoms with Gasteiger partial charge in [-0.3, -0.25) is 0 Å². The fourth-order valence-corrected chi connectivity index (χ4v) is 12.5. The summed E-state index contributed by atoms with van der Waals surface area (Å²) < 4.78 is 2.43. The van der Waals surface area contributed by atoms with Crippen LogP contribution in [0.1, 0.15) is 10.4 Å². The zero-order valence-electron chi connectivity index (χ0n) is 12.1. The molecule has 5 heteroatoms. The molecule has 18 heavy (non-hydrogen) atoms. The summed E-state index contributed by atoms with van der Waals surface area (Å²) in [6, 6.07) is 7.36. The number of nitrogens with zero attached hydrogens (tertiary/aromatic N) is 1.